The summed E-state index contributed by atoms with van der Waals surface area (Å²) >= 11 is 2.38. The number of rotatable bonds is 16. The van der Waals surface area contributed by atoms with Gasteiger partial charge in [-0.2, -0.15) is 0 Å². The lowest BCUT2D eigenvalue weighted by Crippen LogP contribution is -2.71. The number of fused-ring (bicyclic) bond motifs is 10. The molecule has 0 saturated heterocycles. The fourth-order valence-electron chi connectivity index (χ4n) is 10.5. The first-order chi connectivity index (χ1) is 35.0. The van der Waals surface area contributed by atoms with Crippen LogP contribution in [-0.4, -0.2) is 36.1 Å². The van der Waals surface area contributed by atoms with E-state index in [1.165, 1.54) is 74.0 Å². The van der Waals surface area contributed by atoms with Crippen LogP contribution >= 0.6 is 22.7 Å². The van der Waals surface area contributed by atoms with Gasteiger partial charge in [-0.3, -0.25) is 9.59 Å². The molecule has 0 amide bonds. The lowest BCUT2D eigenvalue weighted by Gasteiger charge is -2.26. The molecule has 0 aliphatic carbocycles. The van der Waals surface area contributed by atoms with E-state index in [4.69, 9.17) is 9.47 Å². The maximum Gasteiger partial charge on any atom is 0.645 e. The zero-order valence-electron chi connectivity index (χ0n) is 40.1. The third kappa shape index (κ3) is 8.20. The van der Waals surface area contributed by atoms with Gasteiger partial charge in [0.1, 0.15) is 22.5 Å². The fourth-order valence-corrected chi connectivity index (χ4v) is 12.7. The number of hydrogen-bond acceptors (Lipinski definition) is 8. The molecule has 368 valence electrons. The van der Waals surface area contributed by atoms with Crippen LogP contribution in [0.25, 0.3) is 63.5 Å². The highest BCUT2D eigenvalue weighted by Gasteiger charge is 2.49. The molecular weight excluding hydrogens is 958 g/mol. The summed E-state index contributed by atoms with van der Waals surface area (Å²) in [7, 11) is 0. The van der Waals surface area contributed by atoms with Gasteiger partial charge in [0.25, 0.3) is 0 Å². The van der Waals surface area contributed by atoms with Gasteiger partial charge in [-0.1, -0.05) is 127 Å². The van der Waals surface area contributed by atoms with Gasteiger partial charge in [0.05, 0.1) is 22.6 Å². The molecule has 10 nitrogen and oxygen atoms in total. The van der Waals surface area contributed by atoms with Gasteiger partial charge >= 0.3 is 24.2 Å². The fraction of sp³-hybridized carbons (Fsp3) is 0.296. The molecule has 0 N–H and O–H groups in total. The van der Waals surface area contributed by atoms with E-state index in [1.807, 2.05) is 36.4 Å². The van der Waals surface area contributed by atoms with Gasteiger partial charge in [-0.05, 0) is 105 Å². The first-order valence-corrected chi connectivity index (χ1v) is 26.8. The molecule has 4 aromatic heterocycles. The summed E-state index contributed by atoms with van der Waals surface area (Å²) in [6.07, 6.45) is 14.1. The highest BCUT2D eigenvalue weighted by molar-refractivity contribution is 7.22. The zero-order chi connectivity index (χ0) is 49.7. The Morgan fingerprint density at radius 2 is 0.875 bits per heavy atom. The molecule has 18 heteroatoms. The normalized spacial score (nSPS) is 14.2. The van der Waals surface area contributed by atoms with Crippen molar-refractivity contribution in [2.75, 3.05) is 13.2 Å². The Labute approximate surface area is 419 Å². The number of halogens is 4. The molecule has 0 unspecified atom stereocenters. The number of unbranched alkanes of at least 4 members (excludes halogenated alkanes) is 10. The van der Waals surface area contributed by atoms with Crippen molar-refractivity contribution in [1.82, 2.24) is 8.96 Å². The van der Waals surface area contributed by atoms with E-state index in [0.29, 0.717) is 75.6 Å². The highest BCUT2D eigenvalue weighted by atomic mass is 32.1. The average molecular weight is 1010 g/mol. The van der Waals surface area contributed by atoms with Crippen molar-refractivity contribution < 1.29 is 35.7 Å². The molecule has 2 aliphatic rings. The van der Waals surface area contributed by atoms with Crippen molar-refractivity contribution in [3.8, 4) is 11.5 Å². The van der Waals surface area contributed by atoms with Crippen LogP contribution in [0.1, 0.15) is 90.9 Å². The molecule has 6 heterocycles. The summed E-state index contributed by atoms with van der Waals surface area (Å²) in [6.45, 7) is -3.29. The standard InChI is InChI=1S/2C27H26BF2N3O2S/c2*1-2-3-4-5-6-7-16-35-19-14-15-22-23(17-19)36-27-31-25-20-12-8-10-18-11-9-13-21(24(18)20)26(34)33(25)28(29,30)32(22)27/h2*8-15,17H,2-7,16H2,1H3. The molecular formula is C54H52B2F4N6O4S2. The number of hydrogen-bond donors (Lipinski definition) is 0. The van der Waals surface area contributed by atoms with E-state index in [1.54, 1.807) is 72.8 Å². The van der Waals surface area contributed by atoms with E-state index < -0.39 is 25.1 Å². The van der Waals surface area contributed by atoms with Crippen LogP contribution in [0, 0.1) is 0 Å². The summed E-state index contributed by atoms with van der Waals surface area (Å²) in [4.78, 5) is 35.9. The predicted molar refractivity (Wildman–Crippen MR) is 284 cm³/mol. The summed E-state index contributed by atoms with van der Waals surface area (Å²) in [5.41, 5.74) is -0.723. The van der Waals surface area contributed by atoms with Crippen molar-refractivity contribution in [3.63, 3.8) is 0 Å². The van der Waals surface area contributed by atoms with Gasteiger partial charge in [0.15, 0.2) is 0 Å². The van der Waals surface area contributed by atoms with Gasteiger partial charge in [-0.25, -0.2) is 0 Å². The zero-order valence-corrected chi connectivity index (χ0v) is 41.7. The SMILES string of the molecule is CCCCCCCCOc1ccc2c(c1)sc1[n+]2[B-](F)(F)n2c(=O)c3cccc4cccc(c2=N1)c43.CCCCCCCCOc1ccc2c(c1)sc1[n+]2[B-](F)(F)n2c(=O)c3cccc4cccc(c2=N1)c43. The predicted octanol–water partition coefficient (Wildman–Crippen LogP) is 12.3. The van der Waals surface area contributed by atoms with Gasteiger partial charge in [-0.15, -0.1) is 0 Å². The molecule has 72 heavy (non-hydrogen) atoms. The van der Waals surface area contributed by atoms with E-state index in [2.05, 4.69) is 23.8 Å². The lowest BCUT2D eigenvalue weighted by molar-refractivity contribution is -0.525. The van der Waals surface area contributed by atoms with Crippen LogP contribution in [0.5, 0.6) is 11.5 Å². The van der Waals surface area contributed by atoms with Gasteiger partial charge in [0, 0.05) is 44.5 Å². The summed E-state index contributed by atoms with van der Waals surface area (Å²) in [5.74, 6) is 1.31. The molecule has 0 atom stereocenters. The average Bonchev–Trinajstić information content (AvgIpc) is 3.95. The second-order valence-electron chi connectivity index (χ2n) is 18.8. The molecule has 0 radical (unpaired) electrons. The third-order valence-electron chi connectivity index (χ3n) is 14.0. The lowest BCUT2D eigenvalue weighted by atomic mass is 9.92. The number of aromatic nitrogens is 4. The van der Waals surface area contributed by atoms with E-state index in [-0.39, 0.29) is 32.0 Å². The van der Waals surface area contributed by atoms with Crippen LogP contribution < -0.4 is 40.5 Å². The maximum atomic E-state index is 16.1. The van der Waals surface area contributed by atoms with Crippen molar-refractivity contribution in [3.05, 3.63) is 141 Å². The first kappa shape index (κ1) is 47.7. The minimum absolute atomic E-state index is 0.0143. The van der Waals surface area contributed by atoms with Crippen LogP contribution in [0.15, 0.2) is 129 Å². The molecule has 12 rings (SSSR count). The summed E-state index contributed by atoms with van der Waals surface area (Å²) in [5, 5.41) is 5.02. The Morgan fingerprint density at radius 3 is 1.28 bits per heavy atom. The van der Waals surface area contributed by atoms with Crippen LogP contribution in [0.2, 0.25) is 0 Å². The number of ether oxygens (including phenoxy) is 2. The molecule has 0 bridgehead atoms. The second kappa shape index (κ2) is 19.4. The van der Waals surface area contributed by atoms with Crippen molar-refractivity contribution in [1.29, 1.82) is 0 Å². The minimum atomic E-state index is -4.44. The molecule has 2 aliphatic heterocycles. The topological polar surface area (TPSA) is 94.9 Å². The van der Waals surface area contributed by atoms with E-state index in [9.17, 15) is 9.59 Å². The Balaban J connectivity index is 0.000000156. The number of thiazole rings is 2. The quantitative estimate of drug-likeness (QED) is 0.0547. The molecule has 0 spiro atoms. The molecule has 10 aromatic rings. The number of pyridine rings is 2. The summed E-state index contributed by atoms with van der Waals surface area (Å²) in [6, 6.07) is 31.6. The maximum absolute atomic E-state index is 16.1. The van der Waals surface area contributed by atoms with E-state index >= 15 is 17.3 Å². The number of nitrogens with zero attached hydrogens (tertiary/aromatic N) is 6. The molecule has 0 saturated carbocycles. The van der Waals surface area contributed by atoms with E-state index in [0.717, 1.165) is 45.4 Å². The largest absolute Gasteiger partial charge is 0.645 e. The van der Waals surface area contributed by atoms with Crippen molar-refractivity contribution in [2.45, 2.75) is 90.9 Å². The van der Waals surface area contributed by atoms with Gasteiger partial charge < -0.3 is 44.6 Å². The third-order valence-corrected chi connectivity index (χ3v) is 16.1. The second-order valence-corrected chi connectivity index (χ2v) is 20.8. The first-order valence-electron chi connectivity index (χ1n) is 25.2. The van der Waals surface area contributed by atoms with Crippen molar-refractivity contribution in [2.24, 2.45) is 9.98 Å². The van der Waals surface area contributed by atoms with Crippen LogP contribution in [0.3, 0.4) is 0 Å². The van der Waals surface area contributed by atoms with Crippen LogP contribution in [-0.2, 0) is 0 Å². The smallest absolute Gasteiger partial charge is 0.494 e. The molecule has 0 fully saturated rings. The number of benzene rings is 6. The minimum Gasteiger partial charge on any atom is -0.494 e. The van der Waals surface area contributed by atoms with Crippen molar-refractivity contribution >= 4 is 110 Å². The highest BCUT2D eigenvalue weighted by Crippen LogP contribution is 2.36. The summed E-state index contributed by atoms with van der Waals surface area (Å²) < 4.78 is 80.7. The Hall–Kier alpha value is -6.65. The van der Waals surface area contributed by atoms with Crippen LogP contribution in [0.4, 0.5) is 27.5 Å². The Kier molecular flexibility index (Phi) is 12.8. The Morgan fingerprint density at radius 1 is 0.500 bits per heavy atom. The monoisotopic (exact) mass is 1010 g/mol. The molecule has 6 aromatic carbocycles. The Bertz CT molecular complexity index is 3710. The van der Waals surface area contributed by atoms with Gasteiger partial charge in [0.2, 0.25) is 22.1 Å².